The molecule has 0 spiro atoms. The van der Waals surface area contributed by atoms with Gasteiger partial charge in [0.1, 0.15) is 11.8 Å². The minimum atomic E-state index is -0.700. The van der Waals surface area contributed by atoms with E-state index in [0.29, 0.717) is 28.6 Å². The molecule has 2 N–H and O–H groups in total. The molecule has 1 unspecified atom stereocenters. The van der Waals surface area contributed by atoms with Crippen molar-refractivity contribution in [2.45, 2.75) is 33.2 Å². The molecule has 0 aromatic heterocycles. The van der Waals surface area contributed by atoms with Crippen LogP contribution >= 0.6 is 11.6 Å². The summed E-state index contributed by atoms with van der Waals surface area (Å²) < 4.78 is 5.59. The Morgan fingerprint density at radius 2 is 1.85 bits per heavy atom. The summed E-state index contributed by atoms with van der Waals surface area (Å²) in [4.78, 5) is 25.2. The van der Waals surface area contributed by atoms with Crippen LogP contribution in [0.3, 0.4) is 0 Å². The molecule has 0 radical (unpaired) electrons. The van der Waals surface area contributed by atoms with Gasteiger partial charge in [0.05, 0.1) is 17.2 Å². The minimum Gasteiger partial charge on any atom is -0.494 e. The lowest BCUT2D eigenvalue weighted by Gasteiger charge is -2.22. The lowest BCUT2D eigenvalue weighted by atomic mass is 10.0. The molecular weight excluding hydrogens is 364 g/mol. The van der Waals surface area contributed by atoms with E-state index >= 15 is 0 Å². The van der Waals surface area contributed by atoms with Gasteiger partial charge in [0.25, 0.3) is 5.91 Å². The summed E-state index contributed by atoms with van der Waals surface area (Å²) >= 11 is 6.08. The van der Waals surface area contributed by atoms with E-state index in [4.69, 9.17) is 16.3 Å². The highest BCUT2D eigenvalue weighted by Gasteiger charge is 2.25. The van der Waals surface area contributed by atoms with E-state index in [1.165, 1.54) is 0 Å². The number of hydrogen-bond acceptors (Lipinski definition) is 3. The second-order valence-electron chi connectivity index (χ2n) is 6.54. The molecule has 0 saturated carbocycles. The van der Waals surface area contributed by atoms with E-state index in [1.807, 2.05) is 32.9 Å². The summed E-state index contributed by atoms with van der Waals surface area (Å²) in [5.74, 6) is -0.0839. The van der Waals surface area contributed by atoms with Crippen LogP contribution in [-0.4, -0.2) is 24.5 Å². The molecule has 0 heterocycles. The third-order valence-electron chi connectivity index (χ3n) is 3.93. The number of hydrogen-bond donors (Lipinski definition) is 2. The average molecular weight is 389 g/mol. The maximum absolute atomic E-state index is 12.7. The Kier molecular flexibility index (Phi) is 7.67. The first-order valence-corrected chi connectivity index (χ1v) is 9.39. The van der Waals surface area contributed by atoms with E-state index < -0.39 is 6.04 Å². The van der Waals surface area contributed by atoms with Gasteiger partial charge < -0.3 is 15.4 Å². The van der Waals surface area contributed by atoms with E-state index in [2.05, 4.69) is 10.6 Å². The fourth-order valence-corrected chi connectivity index (χ4v) is 2.72. The summed E-state index contributed by atoms with van der Waals surface area (Å²) in [6.07, 6.45) is 0.903. The highest BCUT2D eigenvalue weighted by molar-refractivity contribution is 6.33. The fraction of sp³-hybridized carbons (Fsp3) is 0.333. The Hall–Kier alpha value is -2.53. The van der Waals surface area contributed by atoms with Crippen LogP contribution < -0.4 is 15.4 Å². The number of carbonyl (C=O) groups is 2. The van der Waals surface area contributed by atoms with Crippen LogP contribution in [-0.2, 0) is 4.79 Å². The SMILES string of the molecule is CCCOc1cccc(NC(=O)C(NC(=O)c2ccccc2Cl)C(C)C)c1. The van der Waals surface area contributed by atoms with Gasteiger partial charge >= 0.3 is 0 Å². The molecule has 0 aliphatic carbocycles. The Bertz CT molecular complexity index is 793. The van der Waals surface area contributed by atoms with Crippen molar-refractivity contribution in [3.63, 3.8) is 0 Å². The second-order valence-corrected chi connectivity index (χ2v) is 6.95. The van der Waals surface area contributed by atoms with E-state index in [1.54, 1.807) is 36.4 Å². The number of benzene rings is 2. The van der Waals surface area contributed by atoms with Gasteiger partial charge in [-0.2, -0.15) is 0 Å². The number of carbonyl (C=O) groups excluding carboxylic acids is 2. The second kappa shape index (κ2) is 9.97. The molecule has 0 aliphatic rings. The number of nitrogens with one attached hydrogen (secondary N) is 2. The van der Waals surface area contributed by atoms with Gasteiger partial charge in [-0.25, -0.2) is 0 Å². The first kappa shape index (κ1) is 20.8. The fourth-order valence-electron chi connectivity index (χ4n) is 2.50. The van der Waals surface area contributed by atoms with Crippen LogP contribution in [0.4, 0.5) is 5.69 Å². The first-order valence-electron chi connectivity index (χ1n) is 9.01. The Morgan fingerprint density at radius 1 is 1.11 bits per heavy atom. The average Bonchev–Trinajstić information content (AvgIpc) is 2.64. The lowest BCUT2D eigenvalue weighted by molar-refractivity contribution is -0.118. The molecular formula is C21H25ClN2O3. The van der Waals surface area contributed by atoms with Crippen molar-refractivity contribution in [2.75, 3.05) is 11.9 Å². The zero-order chi connectivity index (χ0) is 19.8. The monoisotopic (exact) mass is 388 g/mol. The van der Waals surface area contributed by atoms with E-state index in [-0.39, 0.29) is 17.7 Å². The molecule has 6 heteroatoms. The number of ether oxygens (including phenoxy) is 1. The Balaban J connectivity index is 2.09. The normalized spacial score (nSPS) is 11.7. The van der Waals surface area contributed by atoms with Crippen LogP contribution in [0.5, 0.6) is 5.75 Å². The summed E-state index contributed by atoms with van der Waals surface area (Å²) in [5, 5.41) is 5.97. The highest BCUT2D eigenvalue weighted by atomic mass is 35.5. The molecule has 144 valence electrons. The molecule has 0 saturated heterocycles. The molecule has 1 atom stereocenters. The molecule has 2 aromatic rings. The zero-order valence-electron chi connectivity index (χ0n) is 15.8. The van der Waals surface area contributed by atoms with Crippen molar-refractivity contribution in [3.8, 4) is 5.75 Å². The number of rotatable bonds is 8. The van der Waals surface area contributed by atoms with Gasteiger partial charge in [0.15, 0.2) is 0 Å². The third-order valence-corrected chi connectivity index (χ3v) is 4.26. The molecule has 5 nitrogen and oxygen atoms in total. The van der Waals surface area contributed by atoms with Crippen molar-refractivity contribution in [1.82, 2.24) is 5.32 Å². The molecule has 2 amide bonds. The summed E-state index contributed by atoms with van der Waals surface area (Å²) in [5.41, 5.74) is 0.957. The quantitative estimate of drug-likeness (QED) is 0.698. The largest absolute Gasteiger partial charge is 0.494 e. The van der Waals surface area contributed by atoms with Gasteiger partial charge in [-0.1, -0.05) is 50.6 Å². The smallest absolute Gasteiger partial charge is 0.253 e. The van der Waals surface area contributed by atoms with Crippen LogP contribution in [0.1, 0.15) is 37.6 Å². The molecule has 0 bridgehead atoms. The maximum Gasteiger partial charge on any atom is 0.253 e. The van der Waals surface area contributed by atoms with Crippen LogP contribution in [0.25, 0.3) is 0 Å². The predicted molar refractivity (Wildman–Crippen MR) is 108 cm³/mol. The van der Waals surface area contributed by atoms with Crippen LogP contribution in [0, 0.1) is 5.92 Å². The van der Waals surface area contributed by atoms with Gasteiger partial charge in [-0.15, -0.1) is 0 Å². The third kappa shape index (κ3) is 6.00. The Labute approximate surface area is 165 Å². The van der Waals surface area contributed by atoms with E-state index in [9.17, 15) is 9.59 Å². The van der Waals surface area contributed by atoms with Gasteiger partial charge in [0.2, 0.25) is 5.91 Å². The van der Waals surface area contributed by atoms with Gasteiger partial charge in [-0.05, 0) is 36.6 Å². The summed E-state index contributed by atoms with van der Waals surface area (Å²) in [6.45, 7) is 6.39. The molecule has 0 aliphatic heterocycles. The van der Waals surface area contributed by atoms with Crippen molar-refractivity contribution in [2.24, 2.45) is 5.92 Å². The van der Waals surface area contributed by atoms with Crippen molar-refractivity contribution < 1.29 is 14.3 Å². The van der Waals surface area contributed by atoms with Crippen molar-refractivity contribution >= 4 is 29.1 Å². The molecule has 27 heavy (non-hydrogen) atoms. The van der Waals surface area contributed by atoms with Gasteiger partial charge in [-0.3, -0.25) is 9.59 Å². The number of halogens is 1. The highest BCUT2D eigenvalue weighted by Crippen LogP contribution is 2.19. The Morgan fingerprint density at radius 3 is 2.52 bits per heavy atom. The van der Waals surface area contributed by atoms with Gasteiger partial charge in [0, 0.05) is 11.8 Å². The summed E-state index contributed by atoms with van der Waals surface area (Å²) in [7, 11) is 0. The minimum absolute atomic E-state index is 0.101. The number of amides is 2. The van der Waals surface area contributed by atoms with Crippen molar-refractivity contribution in [3.05, 3.63) is 59.1 Å². The predicted octanol–water partition coefficient (Wildman–Crippen LogP) is 4.52. The first-order chi connectivity index (χ1) is 12.9. The van der Waals surface area contributed by atoms with Crippen molar-refractivity contribution in [1.29, 1.82) is 0 Å². The molecule has 2 aromatic carbocycles. The lowest BCUT2D eigenvalue weighted by Crippen LogP contribution is -2.47. The molecule has 2 rings (SSSR count). The summed E-state index contributed by atoms with van der Waals surface area (Å²) in [6, 6.07) is 13.2. The van der Waals surface area contributed by atoms with E-state index in [0.717, 1.165) is 6.42 Å². The zero-order valence-corrected chi connectivity index (χ0v) is 16.5. The number of anilines is 1. The van der Waals surface area contributed by atoms with Crippen LogP contribution in [0.15, 0.2) is 48.5 Å². The molecule has 0 fully saturated rings. The maximum atomic E-state index is 12.7. The standard InChI is InChI=1S/C21H25ClN2O3/c1-4-12-27-16-9-7-8-15(13-16)23-21(26)19(14(2)3)24-20(25)17-10-5-6-11-18(17)22/h5-11,13-14,19H,4,12H2,1-3H3,(H,23,26)(H,24,25). The topological polar surface area (TPSA) is 67.4 Å². The van der Waals surface area contributed by atoms with Crippen LogP contribution in [0.2, 0.25) is 5.02 Å².